The van der Waals surface area contributed by atoms with Crippen molar-refractivity contribution in [1.82, 2.24) is 35.3 Å². The number of carboxylic acids is 1. The van der Waals surface area contributed by atoms with Crippen LogP contribution in [0.5, 0.6) is 5.75 Å². The van der Waals surface area contributed by atoms with Crippen molar-refractivity contribution < 1.29 is 62.8 Å². The lowest BCUT2D eigenvalue weighted by atomic mass is 9.86. The molecule has 23 heteroatoms. The fraction of sp³-hybridized carbons (Fsp3) is 0.417. The second kappa shape index (κ2) is 22.6. The summed E-state index contributed by atoms with van der Waals surface area (Å²) in [6, 6.07) is 10.1. The molecular weight excluding hydrogens is 927 g/mol. The van der Waals surface area contributed by atoms with Crippen LogP contribution in [0.3, 0.4) is 0 Å². The van der Waals surface area contributed by atoms with Crippen molar-refractivity contribution in [2.24, 2.45) is 5.73 Å². The van der Waals surface area contributed by atoms with Gasteiger partial charge in [0.05, 0.1) is 35.4 Å². The van der Waals surface area contributed by atoms with E-state index < -0.39 is 72.0 Å². The monoisotopic (exact) mass is 983 g/mol. The number of carbonyl (C=O) groups is 8. The van der Waals surface area contributed by atoms with E-state index in [4.69, 9.17) is 30.0 Å². The summed E-state index contributed by atoms with van der Waals surface area (Å²) in [4.78, 5) is 120. The molecule has 71 heavy (non-hydrogen) atoms. The van der Waals surface area contributed by atoms with Crippen LogP contribution in [0.25, 0.3) is 22.3 Å². The Bertz CT molecular complexity index is 2810. The number of aryl methyl sites for hydroxylation is 1. The van der Waals surface area contributed by atoms with Gasteiger partial charge in [-0.2, -0.15) is 0 Å². The van der Waals surface area contributed by atoms with Gasteiger partial charge in [0.2, 0.25) is 17.7 Å². The quantitative estimate of drug-likeness (QED) is 0.0435. The summed E-state index contributed by atoms with van der Waals surface area (Å²) in [5, 5.41) is 30.8. The molecular formula is C48H57N9O14. The number of cyclic esters (lactones) is 1. The fourth-order valence-electron chi connectivity index (χ4n) is 8.12. The number of benzene rings is 2. The lowest BCUT2D eigenvalue weighted by Gasteiger charge is -2.31. The highest BCUT2D eigenvalue weighted by atomic mass is 16.6. The molecule has 2 aliphatic rings. The summed E-state index contributed by atoms with van der Waals surface area (Å²) in [5.74, 6) is -3.67. The molecule has 6 rings (SSSR count). The summed E-state index contributed by atoms with van der Waals surface area (Å²) in [6.45, 7) is 5.15. The molecule has 0 spiro atoms. The number of primary amides is 1. The van der Waals surface area contributed by atoms with Gasteiger partial charge in [-0.1, -0.05) is 26.0 Å². The van der Waals surface area contributed by atoms with Crippen LogP contribution < -0.4 is 37.3 Å². The normalized spacial score (nSPS) is 15.2. The number of amides is 7. The first kappa shape index (κ1) is 52.3. The van der Waals surface area contributed by atoms with E-state index in [1.807, 2.05) is 6.92 Å². The molecule has 0 saturated carbocycles. The number of ether oxygens (including phenoxy) is 3. The lowest BCUT2D eigenvalue weighted by molar-refractivity contribution is -0.172. The predicted octanol–water partition coefficient (Wildman–Crippen LogP) is 2.58. The number of esters is 1. The number of urea groups is 1. The van der Waals surface area contributed by atoms with Crippen molar-refractivity contribution in [2.75, 3.05) is 39.0 Å². The third kappa shape index (κ3) is 12.2. The third-order valence-electron chi connectivity index (χ3n) is 12.3. The number of fused-ring (bicyclic) bond motifs is 5. The number of aromatic nitrogens is 2. The van der Waals surface area contributed by atoms with E-state index in [0.717, 1.165) is 16.5 Å². The van der Waals surface area contributed by atoms with Gasteiger partial charge in [-0.25, -0.2) is 24.2 Å². The third-order valence-corrected chi connectivity index (χ3v) is 12.3. The number of hydrogen-bond donors (Lipinski definition) is 7. The second-order valence-electron chi connectivity index (χ2n) is 17.2. The first-order chi connectivity index (χ1) is 33.7. The molecule has 0 unspecified atom stereocenters. The Hall–Kier alpha value is -8.08. The number of anilines is 1. The number of aliphatic hydroxyl groups is 1. The van der Waals surface area contributed by atoms with Crippen LogP contribution in [-0.4, -0.2) is 123 Å². The van der Waals surface area contributed by atoms with Crippen molar-refractivity contribution in [1.29, 1.82) is 0 Å². The van der Waals surface area contributed by atoms with Gasteiger partial charge < -0.3 is 65.8 Å². The first-order valence-corrected chi connectivity index (χ1v) is 22.9. The van der Waals surface area contributed by atoms with Gasteiger partial charge in [-0.15, -0.1) is 0 Å². The van der Waals surface area contributed by atoms with E-state index in [0.29, 0.717) is 34.6 Å². The van der Waals surface area contributed by atoms with E-state index in [1.165, 1.54) is 30.8 Å². The van der Waals surface area contributed by atoms with Gasteiger partial charge in [0, 0.05) is 62.4 Å². The largest absolute Gasteiger partial charge is 0.481 e. The zero-order valence-electron chi connectivity index (χ0n) is 39.9. The average Bonchev–Trinajstić information content (AvgIpc) is 3.71. The number of pyridine rings is 2. The predicted molar refractivity (Wildman–Crippen MR) is 254 cm³/mol. The van der Waals surface area contributed by atoms with Crippen molar-refractivity contribution in [3.63, 3.8) is 0 Å². The smallest absolute Gasteiger partial charge is 0.415 e. The van der Waals surface area contributed by atoms with Gasteiger partial charge in [0.25, 0.3) is 5.56 Å². The maximum absolute atomic E-state index is 13.7. The summed E-state index contributed by atoms with van der Waals surface area (Å²) in [6.07, 6.45) is -1.18. The van der Waals surface area contributed by atoms with Crippen LogP contribution >= 0.6 is 0 Å². The average molecular weight is 984 g/mol. The topological polar surface area (TPSA) is 320 Å². The number of hydrogen-bond acceptors (Lipinski definition) is 14. The van der Waals surface area contributed by atoms with Crippen molar-refractivity contribution in [3.05, 3.63) is 86.7 Å². The SMILES string of the molecule is CCc1c2c(nc3ccc(OC(=O)N(C)CCN(C)C(=O)OCc4ccc(NC(=O)[C@H](CCCNC(N)=O)NC(=O)[C@H](C)NC(=O)CCC(=O)O)cc4)cc13)-c1cc3c(c(=O)n1C2)COC(=O)[C@]3(O)CC. The van der Waals surface area contributed by atoms with Gasteiger partial charge in [-0.05, 0) is 80.1 Å². The van der Waals surface area contributed by atoms with Crippen LogP contribution in [0.4, 0.5) is 20.1 Å². The highest BCUT2D eigenvalue weighted by Gasteiger charge is 2.45. The number of aliphatic carboxylic acids is 1. The minimum atomic E-state index is -1.95. The Labute approximate surface area is 407 Å². The van der Waals surface area contributed by atoms with Crippen molar-refractivity contribution in [2.45, 2.75) is 96.7 Å². The second-order valence-corrected chi connectivity index (χ2v) is 17.2. The molecule has 23 nitrogen and oxygen atoms in total. The summed E-state index contributed by atoms with van der Waals surface area (Å²) >= 11 is 0. The zero-order valence-corrected chi connectivity index (χ0v) is 39.9. The minimum absolute atomic E-state index is 0.0250. The summed E-state index contributed by atoms with van der Waals surface area (Å²) in [7, 11) is 3.03. The van der Waals surface area contributed by atoms with Crippen molar-refractivity contribution >= 4 is 64.5 Å². The highest BCUT2D eigenvalue weighted by Crippen LogP contribution is 2.41. The number of carboxylic acid groups (broad SMARTS) is 1. The Morgan fingerprint density at radius 2 is 1.63 bits per heavy atom. The number of rotatable bonds is 20. The van der Waals surface area contributed by atoms with Crippen molar-refractivity contribution in [3.8, 4) is 17.1 Å². The molecule has 0 fully saturated rings. The first-order valence-electron chi connectivity index (χ1n) is 22.9. The van der Waals surface area contributed by atoms with Gasteiger partial charge in [-0.3, -0.25) is 24.0 Å². The molecule has 2 aromatic heterocycles. The van der Waals surface area contributed by atoms with Gasteiger partial charge in [0.1, 0.15) is 31.0 Å². The number of nitrogens with two attached hydrogens (primary N) is 1. The van der Waals surface area contributed by atoms with Crippen LogP contribution in [0, 0.1) is 0 Å². The highest BCUT2D eigenvalue weighted by molar-refractivity contribution is 5.98. The van der Waals surface area contributed by atoms with Crippen LogP contribution in [0.2, 0.25) is 0 Å². The Morgan fingerprint density at radius 3 is 2.30 bits per heavy atom. The number of nitrogens with one attached hydrogen (secondary N) is 4. The molecule has 4 aromatic rings. The van der Waals surface area contributed by atoms with Crippen LogP contribution in [0.15, 0.2) is 53.3 Å². The molecule has 0 saturated heterocycles. The zero-order chi connectivity index (χ0) is 51.7. The molecule has 378 valence electrons. The fourth-order valence-corrected chi connectivity index (χ4v) is 8.12. The number of nitrogens with zero attached hydrogens (tertiary/aromatic N) is 4. The molecule has 0 aliphatic carbocycles. The van der Waals surface area contributed by atoms with Crippen LogP contribution in [-0.2, 0) is 65.2 Å². The standard InChI is InChI=1S/C48H57N9O14/c1-6-30-31-21-29(14-15-35(31)53-40-32(30)23-57-37(40)22-34-33(43(57)63)25-69-44(64)48(34,68)7-2)71-47(67)56(5)20-19-55(4)46(66)70-24-27-10-12-28(13-11-27)52-42(62)36(9-8-18-50-45(49)65)54-41(61)26(3)51-38(58)16-17-39(59)60/h10-15,21-22,26,36,68H,6-9,16-20,23-25H2,1-5H3,(H,51,58)(H,52,62)(H,54,61)(H,59,60)(H3,49,50,65)/t26-,36-,48-/m0/s1. The van der Waals surface area contributed by atoms with E-state index in [-0.39, 0.29) is 87.5 Å². The molecule has 0 bridgehead atoms. The molecule has 2 aliphatic heterocycles. The summed E-state index contributed by atoms with van der Waals surface area (Å²) in [5.41, 5.74) is 7.52. The molecule has 7 amide bonds. The molecule has 2 aromatic carbocycles. The Morgan fingerprint density at radius 1 is 0.930 bits per heavy atom. The van der Waals surface area contributed by atoms with E-state index in [9.17, 15) is 48.3 Å². The number of carbonyl (C=O) groups excluding carboxylic acids is 7. The minimum Gasteiger partial charge on any atom is -0.481 e. The molecule has 3 atom stereocenters. The Balaban J connectivity index is 0.997. The molecule has 8 N–H and O–H groups in total. The number of likely N-dealkylation sites (N-methyl/N-ethyl adjacent to an activating group) is 2. The lowest BCUT2D eigenvalue weighted by Crippen LogP contribution is -2.51. The Kier molecular flexibility index (Phi) is 16.6. The summed E-state index contributed by atoms with van der Waals surface area (Å²) < 4.78 is 17.9. The molecule has 0 radical (unpaired) electrons. The van der Waals surface area contributed by atoms with Crippen LogP contribution in [0.1, 0.15) is 80.7 Å². The van der Waals surface area contributed by atoms with E-state index in [2.05, 4.69) is 21.3 Å². The maximum Gasteiger partial charge on any atom is 0.415 e. The maximum atomic E-state index is 13.7. The van der Waals surface area contributed by atoms with Gasteiger partial charge in [0.15, 0.2) is 5.60 Å². The van der Waals surface area contributed by atoms with E-state index >= 15 is 0 Å². The van der Waals surface area contributed by atoms with E-state index in [1.54, 1.807) is 60.0 Å². The van der Waals surface area contributed by atoms with Gasteiger partial charge >= 0.3 is 30.2 Å². The molecule has 4 heterocycles.